The van der Waals surface area contributed by atoms with Crippen LogP contribution in [0.25, 0.3) is 0 Å². The molecule has 7 heteroatoms. The molecule has 0 bridgehead atoms. The SMILES string of the molecule is Cc1[nH]ncc1C(=O)N1CCC[C@H](n2cncn2)C1. The molecule has 1 saturated heterocycles. The normalized spacial score (nSPS) is 19.6. The van der Waals surface area contributed by atoms with Gasteiger partial charge in [0.1, 0.15) is 12.7 Å². The smallest absolute Gasteiger partial charge is 0.257 e. The van der Waals surface area contributed by atoms with E-state index in [2.05, 4.69) is 20.3 Å². The Morgan fingerprint density at radius 2 is 2.42 bits per heavy atom. The number of aryl methyl sites for hydroxylation is 1. The molecule has 3 heterocycles. The fourth-order valence-corrected chi connectivity index (χ4v) is 2.50. The van der Waals surface area contributed by atoms with Crippen molar-refractivity contribution in [3.8, 4) is 0 Å². The molecule has 100 valence electrons. The van der Waals surface area contributed by atoms with Crippen molar-refractivity contribution in [1.29, 1.82) is 0 Å². The molecular weight excluding hydrogens is 244 g/mol. The number of carbonyl (C=O) groups excluding carboxylic acids is 1. The van der Waals surface area contributed by atoms with Gasteiger partial charge in [-0.3, -0.25) is 9.89 Å². The standard InChI is InChI=1S/C12H16N6O/c1-9-11(5-14-16-9)12(19)17-4-2-3-10(6-17)18-8-13-7-15-18/h5,7-8,10H,2-4,6H2,1H3,(H,14,16)/t10-/m0/s1. The Morgan fingerprint density at radius 3 is 3.11 bits per heavy atom. The maximum Gasteiger partial charge on any atom is 0.257 e. The quantitative estimate of drug-likeness (QED) is 0.865. The maximum atomic E-state index is 12.4. The number of piperidine rings is 1. The van der Waals surface area contributed by atoms with Gasteiger partial charge in [-0.05, 0) is 19.8 Å². The highest BCUT2D eigenvalue weighted by molar-refractivity contribution is 5.95. The Labute approximate surface area is 110 Å². The van der Waals surface area contributed by atoms with Crippen molar-refractivity contribution in [3.05, 3.63) is 30.1 Å². The third-order valence-electron chi connectivity index (χ3n) is 3.55. The third-order valence-corrected chi connectivity index (χ3v) is 3.55. The predicted molar refractivity (Wildman–Crippen MR) is 67.5 cm³/mol. The summed E-state index contributed by atoms with van der Waals surface area (Å²) in [4.78, 5) is 18.3. The van der Waals surface area contributed by atoms with Crippen LogP contribution < -0.4 is 0 Å². The molecule has 0 aliphatic carbocycles. The number of nitrogens with zero attached hydrogens (tertiary/aromatic N) is 5. The van der Waals surface area contributed by atoms with Crippen LogP contribution in [0.3, 0.4) is 0 Å². The third kappa shape index (κ3) is 2.23. The summed E-state index contributed by atoms with van der Waals surface area (Å²) >= 11 is 0. The van der Waals surface area contributed by atoms with Crippen molar-refractivity contribution >= 4 is 5.91 Å². The summed E-state index contributed by atoms with van der Waals surface area (Å²) in [6.07, 6.45) is 6.84. The lowest BCUT2D eigenvalue weighted by atomic mass is 10.0. The molecule has 1 aliphatic heterocycles. The first-order valence-electron chi connectivity index (χ1n) is 6.39. The van der Waals surface area contributed by atoms with Crippen molar-refractivity contribution in [2.45, 2.75) is 25.8 Å². The number of carbonyl (C=O) groups is 1. The molecule has 1 fully saturated rings. The zero-order chi connectivity index (χ0) is 13.2. The molecule has 7 nitrogen and oxygen atoms in total. The van der Waals surface area contributed by atoms with Crippen molar-refractivity contribution in [3.63, 3.8) is 0 Å². The molecule has 2 aromatic rings. The van der Waals surface area contributed by atoms with Gasteiger partial charge in [0.15, 0.2) is 0 Å². The number of hydrogen-bond acceptors (Lipinski definition) is 4. The molecular formula is C12H16N6O. The van der Waals surface area contributed by atoms with Crippen LogP contribution in [0.4, 0.5) is 0 Å². The van der Waals surface area contributed by atoms with Crippen molar-refractivity contribution in [2.75, 3.05) is 13.1 Å². The number of likely N-dealkylation sites (tertiary alicyclic amines) is 1. The second kappa shape index (κ2) is 4.83. The van der Waals surface area contributed by atoms with Gasteiger partial charge >= 0.3 is 0 Å². The average Bonchev–Trinajstić information content (AvgIpc) is 3.09. The lowest BCUT2D eigenvalue weighted by Crippen LogP contribution is -2.41. The minimum absolute atomic E-state index is 0.0380. The van der Waals surface area contributed by atoms with Crippen molar-refractivity contribution < 1.29 is 4.79 Å². The van der Waals surface area contributed by atoms with Crippen LogP contribution in [0.1, 0.15) is 34.9 Å². The monoisotopic (exact) mass is 260 g/mol. The van der Waals surface area contributed by atoms with Gasteiger partial charge in [0.25, 0.3) is 5.91 Å². The second-order valence-electron chi connectivity index (χ2n) is 4.83. The molecule has 3 rings (SSSR count). The summed E-state index contributed by atoms with van der Waals surface area (Å²) in [5.41, 5.74) is 1.46. The first-order valence-corrected chi connectivity index (χ1v) is 6.39. The summed E-state index contributed by atoms with van der Waals surface area (Å²) in [5, 5.41) is 10.9. The molecule has 0 unspecified atom stereocenters. The van der Waals surface area contributed by atoms with E-state index in [9.17, 15) is 4.79 Å². The molecule has 1 N–H and O–H groups in total. The zero-order valence-electron chi connectivity index (χ0n) is 10.8. The minimum Gasteiger partial charge on any atom is -0.336 e. The van der Waals surface area contributed by atoms with Crippen molar-refractivity contribution in [1.82, 2.24) is 29.9 Å². The number of aromatic nitrogens is 5. The van der Waals surface area contributed by atoms with Crippen LogP contribution in [0.5, 0.6) is 0 Å². The highest BCUT2D eigenvalue weighted by Gasteiger charge is 2.27. The van der Waals surface area contributed by atoms with E-state index in [1.165, 1.54) is 6.33 Å². The highest BCUT2D eigenvalue weighted by Crippen LogP contribution is 2.22. The first-order chi connectivity index (χ1) is 9.25. The van der Waals surface area contributed by atoms with E-state index >= 15 is 0 Å². The molecule has 19 heavy (non-hydrogen) atoms. The number of hydrogen-bond donors (Lipinski definition) is 1. The minimum atomic E-state index is 0.0380. The van der Waals surface area contributed by atoms with Gasteiger partial charge in [0, 0.05) is 18.8 Å². The predicted octanol–water partition coefficient (Wildman–Crippen LogP) is 0.787. The zero-order valence-corrected chi connectivity index (χ0v) is 10.8. The Hall–Kier alpha value is -2.18. The van der Waals surface area contributed by atoms with E-state index in [0.717, 1.165) is 25.1 Å². The molecule has 0 aromatic carbocycles. The molecule has 2 aromatic heterocycles. The van der Waals surface area contributed by atoms with Crippen LogP contribution in [0.2, 0.25) is 0 Å². The lowest BCUT2D eigenvalue weighted by molar-refractivity contribution is 0.0672. The molecule has 0 spiro atoms. The Balaban J connectivity index is 1.75. The van der Waals surface area contributed by atoms with Crippen LogP contribution >= 0.6 is 0 Å². The van der Waals surface area contributed by atoms with Crippen LogP contribution in [0, 0.1) is 6.92 Å². The molecule has 0 radical (unpaired) electrons. The summed E-state index contributed by atoms with van der Waals surface area (Å²) < 4.78 is 1.83. The number of amides is 1. The lowest BCUT2D eigenvalue weighted by Gasteiger charge is -2.32. The highest BCUT2D eigenvalue weighted by atomic mass is 16.2. The van der Waals surface area contributed by atoms with Crippen LogP contribution in [0.15, 0.2) is 18.9 Å². The fraction of sp³-hybridized carbons (Fsp3) is 0.500. The van der Waals surface area contributed by atoms with E-state index in [-0.39, 0.29) is 11.9 Å². The van der Waals surface area contributed by atoms with Crippen LogP contribution in [-0.2, 0) is 0 Å². The summed E-state index contributed by atoms with van der Waals surface area (Å²) in [6.45, 7) is 3.32. The number of aromatic amines is 1. The van der Waals surface area contributed by atoms with E-state index < -0.39 is 0 Å². The van der Waals surface area contributed by atoms with Gasteiger partial charge in [-0.25, -0.2) is 9.67 Å². The number of rotatable bonds is 2. The molecule has 1 aliphatic rings. The van der Waals surface area contributed by atoms with E-state index in [0.29, 0.717) is 12.1 Å². The van der Waals surface area contributed by atoms with Gasteiger partial charge < -0.3 is 4.90 Å². The fourth-order valence-electron chi connectivity index (χ4n) is 2.50. The summed E-state index contributed by atoms with van der Waals surface area (Å²) in [6, 6.07) is 0.215. The van der Waals surface area contributed by atoms with E-state index in [1.807, 2.05) is 16.5 Å². The Bertz CT molecular complexity index is 561. The number of nitrogens with one attached hydrogen (secondary N) is 1. The van der Waals surface area contributed by atoms with Gasteiger partial charge in [-0.1, -0.05) is 0 Å². The Morgan fingerprint density at radius 1 is 1.53 bits per heavy atom. The molecule has 1 amide bonds. The van der Waals surface area contributed by atoms with Gasteiger partial charge in [-0.2, -0.15) is 10.2 Å². The summed E-state index contributed by atoms with van der Waals surface area (Å²) in [5.74, 6) is 0.0380. The Kier molecular flexibility index (Phi) is 3.02. The van der Waals surface area contributed by atoms with E-state index in [4.69, 9.17) is 0 Å². The summed E-state index contributed by atoms with van der Waals surface area (Å²) in [7, 11) is 0. The van der Waals surface area contributed by atoms with E-state index in [1.54, 1.807) is 12.5 Å². The average molecular weight is 260 g/mol. The molecule has 1 atom stereocenters. The molecule has 0 saturated carbocycles. The van der Waals surface area contributed by atoms with Gasteiger partial charge in [-0.15, -0.1) is 0 Å². The largest absolute Gasteiger partial charge is 0.336 e. The second-order valence-corrected chi connectivity index (χ2v) is 4.83. The maximum absolute atomic E-state index is 12.4. The first kappa shape index (κ1) is 11.9. The van der Waals surface area contributed by atoms with Gasteiger partial charge in [0.2, 0.25) is 0 Å². The topological polar surface area (TPSA) is 79.7 Å². The van der Waals surface area contributed by atoms with Crippen molar-refractivity contribution in [2.24, 2.45) is 0 Å². The van der Waals surface area contributed by atoms with Crippen LogP contribution in [-0.4, -0.2) is 48.9 Å². The number of H-pyrrole nitrogens is 1. The van der Waals surface area contributed by atoms with Gasteiger partial charge in [0.05, 0.1) is 17.8 Å².